The number of methoxy groups -OCH3 is 1. The van der Waals surface area contributed by atoms with Crippen molar-refractivity contribution >= 4 is 29.5 Å². The van der Waals surface area contributed by atoms with E-state index in [1.54, 1.807) is 30.3 Å². The molecule has 2 unspecified atom stereocenters. The van der Waals surface area contributed by atoms with Crippen LogP contribution >= 0.6 is 11.8 Å². The number of aliphatic hydroxyl groups is 1. The average Bonchev–Trinajstić information content (AvgIpc) is 2.70. The van der Waals surface area contributed by atoms with Gasteiger partial charge in [0.15, 0.2) is 0 Å². The van der Waals surface area contributed by atoms with E-state index in [1.165, 1.54) is 18.9 Å². The number of ether oxygens (including phenoxy) is 1. The highest BCUT2D eigenvalue weighted by Crippen LogP contribution is 2.46. The minimum atomic E-state index is -1.71. The van der Waals surface area contributed by atoms with Gasteiger partial charge in [-0.2, -0.15) is 0 Å². The van der Waals surface area contributed by atoms with Crippen molar-refractivity contribution in [3.05, 3.63) is 47.2 Å². The molecule has 5 N–H and O–H groups in total. The highest BCUT2D eigenvalue weighted by Gasteiger charge is 2.66. The number of nitrogens with zero attached hydrogens (tertiary/aromatic N) is 1. The molecule has 2 aliphatic heterocycles. The maximum Gasteiger partial charge on any atom is 0.352 e. The number of hydrogen-bond donors (Lipinski definition) is 4. The Balaban J connectivity index is 1.85. The lowest BCUT2D eigenvalue weighted by molar-refractivity contribution is -0.192. The van der Waals surface area contributed by atoms with Gasteiger partial charge in [-0.3, -0.25) is 14.5 Å². The quantitative estimate of drug-likeness (QED) is 0.370. The first-order valence-electron chi connectivity index (χ1n) is 8.06. The van der Waals surface area contributed by atoms with Crippen LogP contribution in [0.1, 0.15) is 11.6 Å². The fourth-order valence-electron chi connectivity index (χ4n) is 3.14. The first kappa shape index (κ1) is 19.4. The number of fused-ring (bicyclic) bond motifs is 1. The van der Waals surface area contributed by atoms with E-state index in [0.29, 0.717) is 5.56 Å². The van der Waals surface area contributed by atoms with Crippen molar-refractivity contribution in [1.82, 2.24) is 10.2 Å². The summed E-state index contributed by atoms with van der Waals surface area (Å²) in [5.74, 6) is -2.47. The molecule has 1 aromatic carbocycles. The summed E-state index contributed by atoms with van der Waals surface area (Å²) < 4.78 is 5.33. The first-order valence-corrected chi connectivity index (χ1v) is 9.11. The normalized spacial score (nSPS) is 25.5. The maximum atomic E-state index is 12.8. The van der Waals surface area contributed by atoms with Gasteiger partial charge >= 0.3 is 5.97 Å². The molecule has 1 fully saturated rings. The fourth-order valence-corrected chi connectivity index (χ4v) is 4.57. The van der Waals surface area contributed by atoms with E-state index in [9.17, 15) is 24.6 Å². The lowest BCUT2D eigenvalue weighted by Gasteiger charge is -2.55. The molecule has 2 amide bonds. The number of thioether (sulfide) groups is 1. The van der Waals surface area contributed by atoms with Crippen LogP contribution in [-0.2, 0) is 19.1 Å². The van der Waals surface area contributed by atoms with Crippen molar-refractivity contribution < 1.29 is 29.3 Å². The molecule has 144 valence electrons. The number of aliphatic hydroxyl groups excluding tert-OH is 1. The third kappa shape index (κ3) is 3.00. The van der Waals surface area contributed by atoms with Crippen LogP contribution in [0.2, 0.25) is 0 Å². The molecular weight excluding hydrogens is 374 g/mol. The number of carbonyl (C=O) groups is 3. The number of carboxylic acids is 1. The van der Waals surface area contributed by atoms with Crippen molar-refractivity contribution in [2.24, 2.45) is 5.73 Å². The van der Waals surface area contributed by atoms with Gasteiger partial charge in [0, 0.05) is 12.9 Å². The van der Waals surface area contributed by atoms with E-state index in [4.69, 9.17) is 10.5 Å². The van der Waals surface area contributed by atoms with Crippen molar-refractivity contribution in [1.29, 1.82) is 0 Å². The molecule has 0 radical (unpaired) electrons. The zero-order valence-corrected chi connectivity index (χ0v) is 15.2. The third-order valence-electron chi connectivity index (χ3n) is 4.58. The highest BCUT2D eigenvalue weighted by molar-refractivity contribution is 8.00. The van der Waals surface area contributed by atoms with Crippen LogP contribution < -0.4 is 11.1 Å². The first-order chi connectivity index (χ1) is 12.9. The Morgan fingerprint density at radius 2 is 2.11 bits per heavy atom. The van der Waals surface area contributed by atoms with Crippen LogP contribution in [0, 0.1) is 0 Å². The van der Waals surface area contributed by atoms with Crippen molar-refractivity contribution in [2.75, 3.05) is 19.5 Å². The van der Waals surface area contributed by atoms with E-state index in [0.717, 1.165) is 4.90 Å². The van der Waals surface area contributed by atoms with Gasteiger partial charge in [-0.15, -0.1) is 11.8 Å². The van der Waals surface area contributed by atoms with Crippen LogP contribution in [0.25, 0.3) is 0 Å². The van der Waals surface area contributed by atoms with Crippen molar-refractivity contribution in [2.45, 2.75) is 17.1 Å². The second-order valence-electron chi connectivity index (χ2n) is 6.07. The number of carboxylic acid groups (broad SMARTS) is 1. The van der Waals surface area contributed by atoms with E-state index in [2.05, 4.69) is 5.32 Å². The average molecular weight is 393 g/mol. The van der Waals surface area contributed by atoms with E-state index in [1.807, 2.05) is 0 Å². The summed E-state index contributed by atoms with van der Waals surface area (Å²) in [5, 5.41) is 20.6. The molecule has 0 bridgehead atoms. The van der Waals surface area contributed by atoms with E-state index >= 15 is 0 Å². The van der Waals surface area contributed by atoms with E-state index < -0.39 is 41.5 Å². The standard InChI is InChI=1S/C17H19N3O6S/c1-26-17(19-13(22)11(18)9-5-3-2-4-6-9)15(25)20-12(14(23)24)10(7-21)8-27-16(17)20/h2-6,11,16,21H,7-8,18H2,1H3,(H,19,22)(H,23,24)/t11?,16?,17-/m0/s1. The summed E-state index contributed by atoms with van der Waals surface area (Å²) in [6, 6.07) is 7.62. The number of hydrogen-bond acceptors (Lipinski definition) is 7. The Hall–Kier alpha value is -2.40. The lowest BCUT2D eigenvalue weighted by atomic mass is 9.97. The number of rotatable bonds is 6. The summed E-state index contributed by atoms with van der Waals surface area (Å²) in [4.78, 5) is 38.0. The van der Waals surface area contributed by atoms with Crippen LogP contribution in [0.5, 0.6) is 0 Å². The number of β-lactam (4-membered cyclic amide) rings is 1. The van der Waals surface area contributed by atoms with Gasteiger partial charge < -0.3 is 26.0 Å². The van der Waals surface area contributed by atoms with Gasteiger partial charge in [0.05, 0.1) is 6.61 Å². The summed E-state index contributed by atoms with van der Waals surface area (Å²) in [7, 11) is 1.26. The summed E-state index contributed by atoms with van der Waals surface area (Å²) >= 11 is 1.19. The maximum absolute atomic E-state index is 12.8. The summed E-state index contributed by atoms with van der Waals surface area (Å²) in [6.45, 7) is -0.476. The molecule has 0 aliphatic carbocycles. The molecule has 9 nitrogen and oxygen atoms in total. The third-order valence-corrected chi connectivity index (χ3v) is 5.95. The lowest BCUT2D eigenvalue weighted by Crippen LogP contribution is -2.81. The van der Waals surface area contributed by atoms with E-state index in [-0.39, 0.29) is 17.0 Å². The number of carbonyl (C=O) groups excluding carboxylic acids is 2. The molecule has 2 heterocycles. The molecular formula is C17H19N3O6S. The Morgan fingerprint density at radius 3 is 2.67 bits per heavy atom. The van der Waals surface area contributed by atoms with Gasteiger partial charge in [-0.05, 0) is 11.1 Å². The number of nitrogens with one attached hydrogen (secondary N) is 1. The molecule has 10 heteroatoms. The Bertz CT molecular complexity index is 814. The molecule has 2 aliphatic rings. The number of amides is 2. The van der Waals surface area contributed by atoms with Gasteiger partial charge in [-0.25, -0.2) is 4.79 Å². The van der Waals surface area contributed by atoms with Crippen LogP contribution in [0.4, 0.5) is 0 Å². The minimum Gasteiger partial charge on any atom is -0.477 e. The Morgan fingerprint density at radius 1 is 1.44 bits per heavy atom. The molecule has 1 aromatic rings. The smallest absolute Gasteiger partial charge is 0.352 e. The predicted molar refractivity (Wildman–Crippen MR) is 96.1 cm³/mol. The predicted octanol–water partition coefficient (Wildman–Crippen LogP) is -0.609. The van der Waals surface area contributed by atoms with Crippen molar-refractivity contribution in [3.8, 4) is 0 Å². The van der Waals surface area contributed by atoms with Gasteiger partial charge in [-0.1, -0.05) is 30.3 Å². The highest BCUT2D eigenvalue weighted by atomic mass is 32.2. The second kappa shape index (κ2) is 7.31. The second-order valence-corrected chi connectivity index (χ2v) is 7.14. The number of aliphatic carboxylic acids is 1. The molecule has 1 saturated heterocycles. The Kier molecular flexibility index (Phi) is 5.24. The molecule has 3 atom stereocenters. The van der Waals surface area contributed by atoms with Crippen LogP contribution in [-0.4, -0.2) is 63.5 Å². The van der Waals surface area contributed by atoms with Gasteiger partial charge in [0.1, 0.15) is 17.1 Å². The summed E-state index contributed by atoms with van der Waals surface area (Å²) in [5.41, 5.74) is 4.78. The minimum absolute atomic E-state index is 0.193. The van der Waals surface area contributed by atoms with Gasteiger partial charge in [0.2, 0.25) is 5.91 Å². The molecule has 0 saturated carbocycles. The molecule has 0 spiro atoms. The van der Waals surface area contributed by atoms with Crippen molar-refractivity contribution in [3.63, 3.8) is 0 Å². The fraction of sp³-hybridized carbons (Fsp3) is 0.353. The zero-order valence-electron chi connectivity index (χ0n) is 14.4. The number of benzene rings is 1. The van der Waals surface area contributed by atoms with Gasteiger partial charge in [0.25, 0.3) is 11.6 Å². The largest absolute Gasteiger partial charge is 0.477 e. The molecule has 0 aromatic heterocycles. The number of nitrogens with two attached hydrogens (primary N) is 1. The van der Waals surface area contributed by atoms with Crippen LogP contribution in [0.15, 0.2) is 41.6 Å². The molecule has 3 rings (SSSR count). The summed E-state index contributed by atoms with van der Waals surface area (Å²) in [6.07, 6.45) is 0. The SMILES string of the molecule is CO[C@@]1(NC(=O)C(N)c2ccccc2)C(=O)N2C(C(=O)O)=C(CO)CSC21. The molecule has 27 heavy (non-hydrogen) atoms. The zero-order chi connectivity index (χ0) is 19.8. The topological polar surface area (TPSA) is 142 Å². The monoisotopic (exact) mass is 393 g/mol. The van der Waals surface area contributed by atoms with Crippen LogP contribution in [0.3, 0.4) is 0 Å². The Labute approximate surface area is 159 Å².